The summed E-state index contributed by atoms with van der Waals surface area (Å²) in [5.74, 6) is 1.13. The molecule has 0 bridgehead atoms. The zero-order chi connectivity index (χ0) is 11.7. The summed E-state index contributed by atoms with van der Waals surface area (Å²) in [7, 11) is 0. The van der Waals surface area contributed by atoms with Gasteiger partial charge in [0.2, 0.25) is 0 Å². The van der Waals surface area contributed by atoms with Gasteiger partial charge in [-0.1, -0.05) is 6.07 Å². The molecule has 5 nitrogen and oxygen atoms in total. The van der Waals surface area contributed by atoms with Crippen molar-refractivity contribution in [3.05, 3.63) is 34.5 Å². The predicted molar refractivity (Wildman–Crippen MR) is 63.9 cm³/mol. The Labute approximate surface area is 103 Å². The fraction of sp³-hybridized carbons (Fsp3) is 0.364. The van der Waals surface area contributed by atoms with Crippen LogP contribution in [0.4, 0.5) is 0 Å². The molecule has 0 spiro atoms. The molecule has 3 rings (SSSR count). The summed E-state index contributed by atoms with van der Waals surface area (Å²) in [6.45, 7) is 2.91. The van der Waals surface area contributed by atoms with E-state index in [1.165, 1.54) is 11.3 Å². The maximum absolute atomic E-state index is 12.0. The predicted octanol–water partition coefficient (Wildman–Crippen LogP) is 1.04. The van der Waals surface area contributed by atoms with Crippen molar-refractivity contribution >= 4 is 17.1 Å². The molecule has 0 saturated heterocycles. The molecule has 3 heterocycles. The summed E-state index contributed by atoms with van der Waals surface area (Å²) >= 11 is 1.50. The largest absolute Gasteiger partial charge is 0.315 e. The van der Waals surface area contributed by atoms with Crippen LogP contribution in [-0.2, 0) is 13.1 Å². The van der Waals surface area contributed by atoms with Crippen LogP contribution in [-0.4, -0.2) is 38.5 Å². The van der Waals surface area contributed by atoms with Crippen LogP contribution < -0.4 is 0 Å². The Balaban J connectivity index is 1.66. The highest BCUT2D eigenvalue weighted by Gasteiger charge is 2.20. The number of aromatic nitrogens is 3. The second-order valence-corrected chi connectivity index (χ2v) is 5.00. The molecule has 0 unspecified atom stereocenters. The van der Waals surface area contributed by atoms with Gasteiger partial charge in [0.05, 0.1) is 18.0 Å². The van der Waals surface area contributed by atoms with Crippen molar-refractivity contribution in [1.29, 1.82) is 0 Å². The quantitative estimate of drug-likeness (QED) is 0.762. The first-order chi connectivity index (χ1) is 8.33. The zero-order valence-corrected chi connectivity index (χ0v) is 10.1. The fourth-order valence-electron chi connectivity index (χ4n) is 1.97. The highest BCUT2D eigenvalue weighted by atomic mass is 32.1. The van der Waals surface area contributed by atoms with E-state index in [4.69, 9.17) is 0 Å². The summed E-state index contributed by atoms with van der Waals surface area (Å²) < 4.78 is 2.03. The molecule has 1 aliphatic heterocycles. The van der Waals surface area contributed by atoms with E-state index in [0.717, 1.165) is 23.8 Å². The van der Waals surface area contributed by atoms with Gasteiger partial charge in [-0.25, -0.2) is 0 Å². The van der Waals surface area contributed by atoms with Crippen LogP contribution in [0.15, 0.2) is 23.8 Å². The molecule has 17 heavy (non-hydrogen) atoms. The summed E-state index contributed by atoms with van der Waals surface area (Å²) in [4.78, 5) is 14.9. The van der Waals surface area contributed by atoms with E-state index in [-0.39, 0.29) is 5.78 Å². The SMILES string of the molecule is O=C(CN1CCn2cnnc2C1)c1cccs1. The van der Waals surface area contributed by atoms with Crippen molar-refractivity contribution in [2.24, 2.45) is 0 Å². The first-order valence-corrected chi connectivity index (χ1v) is 6.36. The molecule has 6 heteroatoms. The summed E-state index contributed by atoms with van der Waals surface area (Å²) in [6.07, 6.45) is 1.74. The maximum Gasteiger partial charge on any atom is 0.186 e. The summed E-state index contributed by atoms with van der Waals surface area (Å²) in [5.41, 5.74) is 0. The number of hydrogen-bond donors (Lipinski definition) is 0. The van der Waals surface area contributed by atoms with Crippen molar-refractivity contribution in [2.75, 3.05) is 13.1 Å². The highest BCUT2D eigenvalue weighted by molar-refractivity contribution is 7.12. The number of fused-ring (bicyclic) bond motifs is 1. The molecular formula is C11H12N4OS. The molecule has 88 valence electrons. The van der Waals surface area contributed by atoms with Gasteiger partial charge in [-0.3, -0.25) is 9.69 Å². The number of ketones is 1. The molecule has 0 amide bonds. The Bertz CT molecular complexity index is 519. The third-order valence-corrected chi connectivity index (χ3v) is 3.79. The highest BCUT2D eigenvalue weighted by Crippen LogP contribution is 2.13. The second-order valence-electron chi connectivity index (χ2n) is 4.05. The Hall–Kier alpha value is -1.53. The maximum atomic E-state index is 12.0. The van der Waals surface area contributed by atoms with Gasteiger partial charge in [-0.2, -0.15) is 0 Å². The molecule has 0 atom stereocenters. The van der Waals surface area contributed by atoms with Crippen molar-refractivity contribution in [1.82, 2.24) is 19.7 Å². The van der Waals surface area contributed by atoms with Crippen LogP contribution in [0.3, 0.4) is 0 Å². The van der Waals surface area contributed by atoms with Crippen molar-refractivity contribution < 1.29 is 4.79 Å². The third kappa shape index (κ3) is 2.13. The average Bonchev–Trinajstić information content (AvgIpc) is 2.99. The zero-order valence-electron chi connectivity index (χ0n) is 9.24. The average molecular weight is 248 g/mol. The van der Waals surface area contributed by atoms with E-state index >= 15 is 0 Å². The van der Waals surface area contributed by atoms with Gasteiger partial charge >= 0.3 is 0 Å². The van der Waals surface area contributed by atoms with Crippen LogP contribution >= 0.6 is 11.3 Å². The van der Waals surface area contributed by atoms with Crippen LogP contribution in [0.1, 0.15) is 15.5 Å². The first kappa shape index (κ1) is 10.6. The van der Waals surface area contributed by atoms with Crippen LogP contribution in [0, 0.1) is 0 Å². The van der Waals surface area contributed by atoms with Gasteiger partial charge < -0.3 is 4.57 Å². The molecule has 0 aromatic carbocycles. The lowest BCUT2D eigenvalue weighted by Crippen LogP contribution is -2.37. The molecule has 2 aromatic rings. The van der Waals surface area contributed by atoms with E-state index in [1.54, 1.807) is 6.33 Å². The Kier molecular flexibility index (Phi) is 2.74. The van der Waals surface area contributed by atoms with E-state index in [0.29, 0.717) is 13.1 Å². The Morgan fingerprint density at radius 3 is 3.24 bits per heavy atom. The minimum Gasteiger partial charge on any atom is -0.315 e. The molecule has 2 aromatic heterocycles. The standard InChI is InChI=1S/C11H12N4OS/c16-9(10-2-1-5-17-10)6-14-3-4-15-8-12-13-11(15)7-14/h1-2,5,8H,3-4,6-7H2. The number of hydrogen-bond acceptors (Lipinski definition) is 5. The van der Waals surface area contributed by atoms with E-state index in [9.17, 15) is 4.79 Å². The smallest absolute Gasteiger partial charge is 0.186 e. The lowest BCUT2D eigenvalue weighted by molar-refractivity contribution is 0.0912. The van der Waals surface area contributed by atoms with E-state index in [2.05, 4.69) is 15.1 Å². The van der Waals surface area contributed by atoms with Gasteiger partial charge in [-0.05, 0) is 11.4 Å². The molecule has 0 radical (unpaired) electrons. The molecule has 0 fully saturated rings. The second kappa shape index (κ2) is 4.38. The number of thiophene rings is 1. The van der Waals surface area contributed by atoms with Crippen molar-refractivity contribution in [2.45, 2.75) is 13.1 Å². The van der Waals surface area contributed by atoms with Crippen molar-refractivity contribution in [3.63, 3.8) is 0 Å². The summed E-state index contributed by atoms with van der Waals surface area (Å²) in [5, 5.41) is 9.84. The molecule has 0 aliphatic carbocycles. The van der Waals surface area contributed by atoms with Gasteiger partial charge in [-0.15, -0.1) is 21.5 Å². The Morgan fingerprint density at radius 2 is 2.41 bits per heavy atom. The van der Waals surface area contributed by atoms with Gasteiger partial charge in [0.1, 0.15) is 12.2 Å². The molecule has 1 aliphatic rings. The Morgan fingerprint density at radius 1 is 1.47 bits per heavy atom. The number of carbonyl (C=O) groups is 1. The topological polar surface area (TPSA) is 51.0 Å². The van der Waals surface area contributed by atoms with Crippen LogP contribution in [0.2, 0.25) is 0 Å². The normalized spacial score (nSPS) is 15.8. The van der Waals surface area contributed by atoms with Crippen molar-refractivity contribution in [3.8, 4) is 0 Å². The number of nitrogens with zero attached hydrogens (tertiary/aromatic N) is 4. The third-order valence-electron chi connectivity index (χ3n) is 2.88. The van der Waals surface area contributed by atoms with E-state index in [1.807, 2.05) is 22.1 Å². The molecule has 0 N–H and O–H groups in total. The molecular weight excluding hydrogens is 236 g/mol. The van der Waals surface area contributed by atoms with Gasteiger partial charge in [0.25, 0.3) is 0 Å². The van der Waals surface area contributed by atoms with Crippen LogP contribution in [0.25, 0.3) is 0 Å². The number of rotatable bonds is 3. The van der Waals surface area contributed by atoms with Gasteiger partial charge in [0.15, 0.2) is 5.78 Å². The lowest BCUT2D eigenvalue weighted by atomic mass is 10.2. The minimum atomic E-state index is 0.188. The van der Waals surface area contributed by atoms with E-state index < -0.39 is 0 Å². The number of carbonyl (C=O) groups excluding carboxylic acids is 1. The fourth-order valence-corrected chi connectivity index (χ4v) is 2.63. The number of Topliss-reactive ketones (excluding diaryl/α,β-unsaturated/α-hetero) is 1. The first-order valence-electron chi connectivity index (χ1n) is 5.48. The molecule has 0 saturated carbocycles. The monoisotopic (exact) mass is 248 g/mol. The van der Waals surface area contributed by atoms with Crippen LogP contribution in [0.5, 0.6) is 0 Å². The summed E-state index contributed by atoms with van der Waals surface area (Å²) in [6, 6.07) is 3.78. The lowest BCUT2D eigenvalue weighted by Gasteiger charge is -2.25. The van der Waals surface area contributed by atoms with Gasteiger partial charge in [0, 0.05) is 13.1 Å². The minimum absolute atomic E-state index is 0.188.